The minimum atomic E-state index is -4.10. The molecule has 174 valence electrons. The standard InChI is InChI=1S/C23H23NO8S/c1-15-7-9-17(10-8-15)33(28,29)24-18-13-16(23(26)27)14-21(31-12-11-25)22(18)32-20-6-4-3-5-19(20)30-2/h3-10,13-14,24-25H,11-12H2,1-2H3,(H,26,27). The first kappa shape index (κ1) is 23.9. The molecule has 3 aromatic carbocycles. The van der Waals surface area contributed by atoms with Gasteiger partial charge in [0, 0.05) is 0 Å². The van der Waals surface area contributed by atoms with Crippen LogP contribution in [0.15, 0.2) is 65.6 Å². The Morgan fingerprint density at radius 1 is 1.00 bits per heavy atom. The molecule has 0 bridgehead atoms. The van der Waals surface area contributed by atoms with Crippen molar-refractivity contribution in [3.8, 4) is 23.0 Å². The largest absolute Gasteiger partial charge is 0.493 e. The number of aliphatic hydroxyl groups excluding tert-OH is 1. The number of hydrogen-bond acceptors (Lipinski definition) is 7. The third-order valence-corrected chi connectivity index (χ3v) is 5.89. The van der Waals surface area contributed by atoms with Crippen molar-refractivity contribution < 1.29 is 37.6 Å². The quantitative estimate of drug-likeness (QED) is 0.407. The SMILES string of the molecule is COc1ccccc1Oc1c(NS(=O)(=O)c2ccc(C)cc2)cc(C(=O)O)cc1OCCO. The number of aliphatic hydroxyl groups is 1. The van der Waals surface area contributed by atoms with Gasteiger partial charge in [0.05, 0.1) is 29.9 Å². The molecule has 3 rings (SSSR count). The second-order valence-corrected chi connectivity index (χ2v) is 8.58. The van der Waals surface area contributed by atoms with E-state index < -0.39 is 16.0 Å². The maximum Gasteiger partial charge on any atom is 0.335 e. The number of ether oxygens (including phenoxy) is 3. The van der Waals surface area contributed by atoms with E-state index in [9.17, 15) is 23.4 Å². The maximum atomic E-state index is 13.0. The van der Waals surface area contributed by atoms with E-state index in [2.05, 4.69) is 4.72 Å². The summed E-state index contributed by atoms with van der Waals surface area (Å²) in [7, 11) is -2.66. The molecule has 33 heavy (non-hydrogen) atoms. The van der Waals surface area contributed by atoms with E-state index >= 15 is 0 Å². The van der Waals surface area contributed by atoms with Crippen molar-refractivity contribution >= 4 is 21.7 Å². The monoisotopic (exact) mass is 473 g/mol. The zero-order valence-corrected chi connectivity index (χ0v) is 18.8. The number of carboxylic acid groups (broad SMARTS) is 1. The highest BCUT2D eigenvalue weighted by molar-refractivity contribution is 7.92. The summed E-state index contributed by atoms with van der Waals surface area (Å²) in [5.41, 5.74) is 0.480. The van der Waals surface area contributed by atoms with Crippen LogP contribution in [0.3, 0.4) is 0 Å². The lowest BCUT2D eigenvalue weighted by molar-refractivity contribution is 0.0696. The number of aromatic carboxylic acids is 1. The number of sulfonamides is 1. The normalized spacial score (nSPS) is 11.0. The molecule has 0 unspecified atom stereocenters. The summed E-state index contributed by atoms with van der Waals surface area (Å²) in [6.07, 6.45) is 0. The summed E-state index contributed by atoms with van der Waals surface area (Å²) in [5.74, 6) is -0.860. The number of aryl methyl sites for hydroxylation is 1. The highest BCUT2D eigenvalue weighted by Gasteiger charge is 2.23. The van der Waals surface area contributed by atoms with Gasteiger partial charge in [-0.05, 0) is 43.3 Å². The van der Waals surface area contributed by atoms with Crippen LogP contribution < -0.4 is 18.9 Å². The lowest BCUT2D eigenvalue weighted by Crippen LogP contribution is -2.15. The van der Waals surface area contributed by atoms with Gasteiger partial charge in [-0.3, -0.25) is 4.72 Å². The molecule has 0 radical (unpaired) electrons. The van der Waals surface area contributed by atoms with Crippen molar-refractivity contribution in [2.75, 3.05) is 25.0 Å². The first-order chi connectivity index (χ1) is 15.7. The predicted octanol–water partition coefficient (Wildman–Crippen LogP) is 3.67. The number of anilines is 1. The Labute approximate surface area is 191 Å². The molecule has 0 atom stereocenters. The van der Waals surface area contributed by atoms with Crippen LogP contribution in [0.25, 0.3) is 0 Å². The van der Waals surface area contributed by atoms with Crippen LogP contribution >= 0.6 is 0 Å². The van der Waals surface area contributed by atoms with Crippen LogP contribution in [-0.4, -0.2) is 44.9 Å². The topological polar surface area (TPSA) is 131 Å². The van der Waals surface area contributed by atoms with Gasteiger partial charge in [-0.25, -0.2) is 13.2 Å². The molecule has 0 saturated heterocycles. The molecule has 0 amide bonds. The fourth-order valence-electron chi connectivity index (χ4n) is 2.90. The van der Waals surface area contributed by atoms with Gasteiger partial charge in [-0.15, -0.1) is 0 Å². The number of methoxy groups -OCH3 is 1. The molecule has 0 aliphatic rings. The molecule has 9 nitrogen and oxygen atoms in total. The number of rotatable bonds is 10. The first-order valence-corrected chi connectivity index (χ1v) is 11.3. The van der Waals surface area contributed by atoms with E-state index in [1.165, 1.54) is 25.3 Å². The number of carbonyl (C=O) groups is 1. The first-order valence-electron chi connectivity index (χ1n) is 9.80. The lowest BCUT2D eigenvalue weighted by atomic mass is 10.1. The molecule has 0 spiro atoms. The van der Waals surface area contributed by atoms with Crippen molar-refractivity contribution in [1.29, 1.82) is 0 Å². The van der Waals surface area contributed by atoms with Gasteiger partial charge in [0.25, 0.3) is 10.0 Å². The van der Waals surface area contributed by atoms with Crippen molar-refractivity contribution in [2.24, 2.45) is 0 Å². The summed E-state index contributed by atoms with van der Waals surface area (Å²) in [5, 5.41) is 18.7. The second kappa shape index (κ2) is 10.2. The summed E-state index contributed by atoms with van der Waals surface area (Å²) in [4.78, 5) is 11.7. The number of hydrogen-bond donors (Lipinski definition) is 3. The van der Waals surface area contributed by atoms with Gasteiger partial charge in [-0.2, -0.15) is 0 Å². The molecular weight excluding hydrogens is 450 g/mol. The van der Waals surface area contributed by atoms with E-state index in [0.717, 1.165) is 11.6 Å². The third kappa shape index (κ3) is 5.73. The Hall–Kier alpha value is -3.76. The average Bonchev–Trinajstić information content (AvgIpc) is 2.79. The van der Waals surface area contributed by atoms with E-state index in [-0.39, 0.29) is 46.6 Å². The van der Waals surface area contributed by atoms with Crippen molar-refractivity contribution in [3.63, 3.8) is 0 Å². The smallest absolute Gasteiger partial charge is 0.335 e. The molecule has 0 fully saturated rings. The van der Waals surface area contributed by atoms with Crippen molar-refractivity contribution in [2.45, 2.75) is 11.8 Å². The summed E-state index contributed by atoms with van der Waals surface area (Å²) in [6, 6.07) is 15.1. The highest BCUT2D eigenvalue weighted by atomic mass is 32.2. The third-order valence-electron chi connectivity index (χ3n) is 4.51. The molecule has 3 N–H and O–H groups in total. The van der Waals surface area contributed by atoms with E-state index in [0.29, 0.717) is 5.75 Å². The summed E-state index contributed by atoms with van der Waals surface area (Å²) >= 11 is 0. The van der Waals surface area contributed by atoms with E-state index in [1.54, 1.807) is 36.4 Å². The van der Waals surface area contributed by atoms with Crippen molar-refractivity contribution in [3.05, 3.63) is 71.8 Å². The molecular formula is C23H23NO8S. The molecule has 0 heterocycles. The van der Waals surface area contributed by atoms with Crippen LogP contribution in [-0.2, 0) is 10.0 Å². The highest BCUT2D eigenvalue weighted by Crippen LogP contribution is 2.43. The minimum absolute atomic E-state index is 0.0186. The Kier molecular flexibility index (Phi) is 7.41. The van der Waals surface area contributed by atoms with Crippen LogP contribution in [0.2, 0.25) is 0 Å². The maximum absolute atomic E-state index is 13.0. The number of para-hydroxylation sites is 2. The van der Waals surface area contributed by atoms with Crippen LogP contribution in [0.4, 0.5) is 5.69 Å². The molecule has 10 heteroatoms. The molecule has 0 aliphatic carbocycles. The second-order valence-electron chi connectivity index (χ2n) is 6.90. The van der Waals surface area contributed by atoms with Crippen LogP contribution in [0.1, 0.15) is 15.9 Å². The van der Waals surface area contributed by atoms with Gasteiger partial charge >= 0.3 is 5.97 Å². The van der Waals surface area contributed by atoms with Gasteiger partial charge in [0.15, 0.2) is 23.0 Å². The van der Waals surface area contributed by atoms with Gasteiger partial charge < -0.3 is 24.4 Å². The minimum Gasteiger partial charge on any atom is -0.493 e. The molecule has 0 aromatic heterocycles. The Bertz CT molecular complexity index is 1240. The van der Waals surface area contributed by atoms with Gasteiger partial charge in [0.2, 0.25) is 0 Å². The fourth-order valence-corrected chi connectivity index (χ4v) is 3.96. The number of nitrogens with one attached hydrogen (secondary N) is 1. The van der Waals surface area contributed by atoms with Crippen LogP contribution in [0.5, 0.6) is 23.0 Å². The number of benzene rings is 3. The van der Waals surface area contributed by atoms with Gasteiger partial charge in [0.1, 0.15) is 6.61 Å². The summed E-state index contributed by atoms with van der Waals surface area (Å²) < 4.78 is 45.2. The zero-order chi connectivity index (χ0) is 24.0. The fraction of sp³-hybridized carbons (Fsp3) is 0.174. The Morgan fingerprint density at radius 2 is 1.67 bits per heavy atom. The molecule has 3 aromatic rings. The molecule has 0 aliphatic heterocycles. The average molecular weight is 474 g/mol. The van der Waals surface area contributed by atoms with E-state index in [4.69, 9.17) is 14.2 Å². The lowest BCUT2D eigenvalue weighted by Gasteiger charge is -2.19. The predicted molar refractivity (Wildman–Crippen MR) is 121 cm³/mol. The van der Waals surface area contributed by atoms with Crippen molar-refractivity contribution in [1.82, 2.24) is 0 Å². The zero-order valence-electron chi connectivity index (χ0n) is 17.9. The Balaban J connectivity index is 2.15. The molecule has 0 saturated carbocycles. The summed E-state index contributed by atoms with van der Waals surface area (Å²) in [6.45, 7) is 1.30. The van der Waals surface area contributed by atoms with E-state index in [1.807, 2.05) is 6.92 Å². The number of carboxylic acids is 1. The van der Waals surface area contributed by atoms with Gasteiger partial charge in [-0.1, -0.05) is 29.8 Å². The van der Waals surface area contributed by atoms with Crippen LogP contribution in [0, 0.1) is 6.92 Å². The Morgan fingerprint density at radius 3 is 2.27 bits per heavy atom.